The van der Waals surface area contributed by atoms with Gasteiger partial charge in [0.1, 0.15) is 0 Å². The Kier molecular flexibility index (Phi) is 22.4. The molecule has 0 saturated carbocycles. The highest BCUT2D eigenvalue weighted by molar-refractivity contribution is 7.99. The summed E-state index contributed by atoms with van der Waals surface area (Å²) in [6.07, 6.45) is 29.9. The third-order valence-electron chi connectivity index (χ3n) is 8.54. The number of anilines is 2. The van der Waals surface area contributed by atoms with E-state index >= 15 is 0 Å². The molecule has 1 fully saturated rings. The van der Waals surface area contributed by atoms with Crippen molar-refractivity contribution in [3.63, 3.8) is 0 Å². The molecule has 1 aliphatic heterocycles. The maximum absolute atomic E-state index is 4.79. The van der Waals surface area contributed by atoms with Gasteiger partial charge >= 0.3 is 0 Å². The number of rotatable bonds is 27. The lowest BCUT2D eigenvalue weighted by Crippen LogP contribution is -2.33. The van der Waals surface area contributed by atoms with Crippen molar-refractivity contribution in [2.45, 2.75) is 160 Å². The fourth-order valence-electron chi connectivity index (χ4n) is 5.65. The molecule has 6 nitrogen and oxygen atoms in total. The van der Waals surface area contributed by atoms with Gasteiger partial charge in [-0.1, -0.05) is 141 Å². The SMILES string of the molecule is CCCCCCCCCCCCCCCCSc1nc(NCCCCCCCC)nc(NCC2CCN(C)CC2)n1. The predicted molar refractivity (Wildman–Crippen MR) is 181 cm³/mol. The molecule has 1 aromatic rings. The smallest absolute Gasteiger partial charge is 0.228 e. The van der Waals surface area contributed by atoms with Gasteiger partial charge in [0.05, 0.1) is 0 Å². The highest BCUT2D eigenvalue weighted by Gasteiger charge is 2.17. The Labute approximate surface area is 258 Å². The molecular weight excluding hydrogens is 524 g/mol. The molecule has 41 heavy (non-hydrogen) atoms. The fraction of sp³-hybridized carbons (Fsp3) is 0.912. The van der Waals surface area contributed by atoms with Gasteiger partial charge in [-0.15, -0.1) is 0 Å². The number of nitrogens with one attached hydrogen (secondary N) is 2. The topological polar surface area (TPSA) is 66.0 Å². The molecule has 1 saturated heterocycles. The average Bonchev–Trinajstić information content (AvgIpc) is 2.98. The molecule has 0 aliphatic carbocycles. The van der Waals surface area contributed by atoms with Gasteiger partial charge in [0.2, 0.25) is 11.9 Å². The van der Waals surface area contributed by atoms with Crippen LogP contribution >= 0.6 is 11.8 Å². The first-order chi connectivity index (χ1) is 20.2. The minimum absolute atomic E-state index is 0.703. The number of unbranched alkanes of at least 4 members (excludes halogenated alkanes) is 18. The van der Waals surface area contributed by atoms with Crippen LogP contribution in [0.5, 0.6) is 0 Å². The number of nitrogens with zero attached hydrogens (tertiary/aromatic N) is 4. The van der Waals surface area contributed by atoms with Crippen LogP contribution in [0.15, 0.2) is 5.16 Å². The number of likely N-dealkylation sites (tertiary alicyclic amines) is 1. The largest absolute Gasteiger partial charge is 0.354 e. The number of hydrogen-bond donors (Lipinski definition) is 2. The minimum Gasteiger partial charge on any atom is -0.354 e. The van der Waals surface area contributed by atoms with Gasteiger partial charge in [-0.05, 0) is 51.7 Å². The van der Waals surface area contributed by atoms with Crippen molar-refractivity contribution >= 4 is 23.7 Å². The number of aromatic nitrogens is 3. The molecule has 0 aromatic carbocycles. The van der Waals surface area contributed by atoms with Crippen molar-refractivity contribution in [3.05, 3.63) is 0 Å². The predicted octanol–water partition coefficient (Wildman–Crippen LogP) is 9.97. The highest BCUT2D eigenvalue weighted by atomic mass is 32.2. The van der Waals surface area contributed by atoms with Crippen LogP contribution in [0.4, 0.5) is 11.9 Å². The van der Waals surface area contributed by atoms with Gasteiger partial charge in [0.25, 0.3) is 0 Å². The molecule has 7 heteroatoms. The molecule has 2 heterocycles. The third-order valence-corrected chi connectivity index (χ3v) is 9.48. The lowest BCUT2D eigenvalue weighted by atomic mass is 9.97. The van der Waals surface area contributed by atoms with E-state index in [1.807, 2.05) is 0 Å². The number of thioether (sulfide) groups is 1. The zero-order valence-electron chi connectivity index (χ0n) is 27.4. The zero-order chi connectivity index (χ0) is 29.2. The summed E-state index contributed by atoms with van der Waals surface area (Å²) >= 11 is 1.80. The Balaban J connectivity index is 1.63. The van der Waals surface area contributed by atoms with Crippen LogP contribution in [-0.2, 0) is 0 Å². The lowest BCUT2D eigenvalue weighted by molar-refractivity contribution is 0.226. The zero-order valence-corrected chi connectivity index (χ0v) is 28.2. The van der Waals surface area contributed by atoms with E-state index in [-0.39, 0.29) is 0 Å². The van der Waals surface area contributed by atoms with E-state index in [4.69, 9.17) is 15.0 Å². The molecule has 0 amide bonds. The van der Waals surface area contributed by atoms with Crippen molar-refractivity contribution in [3.8, 4) is 0 Å². The summed E-state index contributed by atoms with van der Waals surface area (Å²) < 4.78 is 0. The Morgan fingerprint density at radius 1 is 0.610 bits per heavy atom. The standard InChI is InChI=1S/C34H66N6S/c1-4-6-8-10-12-13-14-15-16-17-18-19-21-23-29-41-34-38-32(35-26-22-20-11-9-7-5-2)37-33(39-34)36-30-31-24-27-40(3)28-25-31/h31H,4-30H2,1-3H3,(H2,35,36,37,38,39). The second-order valence-corrected chi connectivity index (χ2v) is 13.6. The van der Waals surface area contributed by atoms with Crippen LogP contribution in [0, 0.1) is 5.92 Å². The molecule has 1 aromatic heterocycles. The van der Waals surface area contributed by atoms with E-state index in [1.165, 1.54) is 154 Å². The lowest BCUT2D eigenvalue weighted by Gasteiger charge is -2.28. The molecule has 238 valence electrons. The molecule has 0 unspecified atom stereocenters. The molecule has 0 bridgehead atoms. The molecule has 2 N–H and O–H groups in total. The van der Waals surface area contributed by atoms with E-state index in [9.17, 15) is 0 Å². The van der Waals surface area contributed by atoms with Crippen molar-refractivity contribution in [2.24, 2.45) is 5.92 Å². The van der Waals surface area contributed by atoms with Crippen LogP contribution < -0.4 is 10.6 Å². The summed E-state index contributed by atoms with van der Waals surface area (Å²) in [5.74, 6) is 3.28. The first-order valence-corrected chi connectivity index (χ1v) is 18.7. The maximum atomic E-state index is 4.79. The van der Waals surface area contributed by atoms with Crippen molar-refractivity contribution in [1.82, 2.24) is 19.9 Å². The molecule has 1 aliphatic rings. The summed E-state index contributed by atoms with van der Waals surface area (Å²) in [6, 6.07) is 0. The van der Waals surface area contributed by atoms with E-state index < -0.39 is 0 Å². The Hall–Kier alpha value is -1.08. The van der Waals surface area contributed by atoms with Crippen LogP contribution in [0.25, 0.3) is 0 Å². The van der Waals surface area contributed by atoms with Crippen LogP contribution in [-0.4, -0.2) is 58.8 Å². The van der Waals surface area contributed by atoms with E-state index in [2.05, 4.69) is 36.4 Å². The second-order valence-electron chi connectivity index (χ2n) is 12.5. The first kappa shape index (κ1) is 36.1. The van der Waals surface area contributed by atoms with Gasteiger partial charge < -0.3 is 15.5 Å². The average molecular weight is 591 g/mol. The van der Waals surface area contributed by atoms with Crippen molar-refractivity contribution in [2.75, 3.05) is 49.6 Å². The minimum atomic E-state index is 0.703. The van der Waals surface area contributed by atoms with Gasteiger partial charge in [0, 0.05) is 18.8 Å². The number of hydrogen-bond acceptors (Lipinski definition) is 7. The maximum Gasteiger partial charge on any atom is 0.228 e. The van der Waals surface area contributed by atoms with Crippen LogP contribution in [0.1, 0.15) is 155 Å². The van der Waals surface area contributed by atoms with Crippen molar-refractivity contribution in [1.29, 1.82) is 0 Å². The number of piperidine rings is 1. The monoisotopic (exact) mass is 591 g/mol. The van der Waals surface area contributed by atoms with E-state index in [0.717, 1.165) is 35.9 Å². The third kappa shape index (κ3) is 19.7. The van der Waals surface area contributed by atoms with Gasteiger partial charge in [-0.2, -0.15) is 15.0 Å². The van der Waals surface area contributed by atoms with Crippen LogP contribution in [0.2, 0.25) is 0 Å². The molecule has 0 radical (unpaired) electrons. The van der Waals surface area contributed by atoms with Gasteiger partial charge in [0.15, 0.2) is 5.16 Å². The van der Waals surface area contributed by atoms with Crippen LogP contribution in [0.3, 0.4) is 0 Å². The normalized spacial score (nSPS) is 14.5. The van der Waals surface area contributed by atoms with Crippen molar-refractivity contribution < 1.29 is 0 Å². The van der Waals surface area contributed by atoms with E-state index in [1.54, 1.807) is 11.8 Å². The van der Waals surface area contributed by atoms with Gasteiger partial charge in [-0.25, -0.2) is 0 Å². The van der Waals surface area contributed by atoms with Gasteiger partial charge in [-0.3, -0.25) is 0 Å². The summed E-state index contributed by atoms with van der Waals surface area (Å²) in [5, 5.41) is 7.91. The summed E-state index contributed by atoms with van der Waals surface area (Å²) in [7, 11) is 2.22. The highest BCUT2D eigenvalue weighted by Crippen LogP contribution is 2.21. The Morgan fingerprint density at radius 2 is 1.07 bits per heavy atom. The molecular formula is C34H66N6S. The summed E-state index contributed by atoms with van der Waals surface area (Å²) in [5.41, 5.74) is 0. The molecule has 0 atom stereocenters. The summed E-state index contributed by atoms with van der Waals surface area (Å²) in [4.78, 5) is 16.7. The second kappa shape index (κ2) is 25.4. The molecule has 2 rings (SSSR count). The Bertz CT molecular complexity index is 725. The molecule has 0 spiro atoms. The Morgan fingerprint density at radius 3 is 1.61 bits per heavy atom. The van der Waals surface area contributed by atoms with E-state index in [0.29, 0.717) is 5.92 Å². The quantitative estimate of drug-likeness (QED) is 0.0780. The first-order valence-electron chi connectivity index (χ1n) is 17.8. The fourth-order valence-corrected chi connectivity index (χ4v) is 6.48. The summed E-state index contributed by atoms with van der Waals surface area (Å²) in [6.45, 7) is 8.84.